The van der Waals surface area contributed by atoms with Gasteiger partial charge in [0, 0.05) is 25.2 Å². The van der Waals surface area contributed by atoms with Gasteiger partial charge in [-0.2, -0.15) is 0 Å². The molecule has 1 fully saturated rings. The van der Waals surface area contributed by atoms with Gasteiger partial charge in [-0.1, -0.05) is 48.5 Å². The molecular weight excluding hydrogens is 466 g/mol. The molecule has 3 aromatic carbocycles. The molecule has 1 atom stereocenters. The number of hydrogen-bond acceptors (Lipinski definition) is 5. The molecule has 2 N–H and O–H groups in total. The number of hydrogen-bond donors (Lipinski definition) is 2. The lowest BCUT2D eigenvalue weighted by atomic mass is 10.1. The van der Waals surface area contributed by atoms with Crippen LogP contribution in [-0.4, -0.2) is 38.8 Å². The molecule has 1 aliphatic heterocycles. The average Bonchev–Trinajstić information content (AvgIpc) is 3.21. The Balaban J connectivity index is 1.47. The maximum Gasteiger partial charge on any atom is 0.262 e. The maximum absolute atomic E-state index is 13.1. The van der Waals surface area contributed by atoms with E-state index < -0.39 is 15.9 Å². The highest BCUT2D eigenvalue weighted by Crippen LogP contribution is 2.29. The van der Waals surface area contributed by atoms with Crippen LogP contribution >= 0.6 is 0 Å². The summed E-state index contributed by atoms with van der Waals surface area (Å²) in [6.45, 7) is 2.44. The van der Waals surface area contributed by atoms with Gasteiger partial charge in [0.1, 0.15) is 5.75 Å². The minimum atomic E-state index is -3.95. The molecule has 0 radical (unpaired) electrons. The predicted molar refractivity (Wildman–Crippen MR) is 134 cm³/mol. The van der Waals surface area contributed by atoms with Gasteiger partial charge in [-0.05, 0) is 42.3 Å². The zero-order valence-electron chi connectivity index (χ0n) is 19.5. The molecule has 0 bridgehead atoms. The van der Waals surface area contributed by atoms with E-state index in [4.69, 9.17) is 4.74 Å². The van der Waals surface area contributed by atoms with Crippen LogP contribution in [0.5, 0.6) is 5.75 Å². The Morgan fingerprint density at radius 2 is 1.77 bits per heavy atom. The minimum Gasteiger partial charge on any atom is -0.495 e. The molecule has 1 unspecified atom stereocenters. The number of para-hydroxylation sites is 2. The number of aryl methyl sites for hydroxylation is 1. The van der Waals surface area contributed by atoms with Crippen molar-refractivity contribution in [1.82, 2.24) is 4.90 Å². The lowest BCUT2D eigenvalue weighted by molar-refractivity contribution is -0.128. The summed E-state index contributed by atoms with van der Waals surface area (Å²) in [6, 6.07) is 21.0. The van der Waals surface area contributed by atoms with Crippen molar-refractivity contribution in [2.24, 2.45) is 5.92 Å². The van der Waals surface area contributed by atoms with Crippen molar-refractivity contribution >= 4 is 33.2 Å². The fourth-order valence-electron chi connectivity index (χ4n) is 4.04. The van der Waals surface area contributed by atoms with E-state index in [1.54, 1.807) is 48.2 Å². The van der Waals surface area contributed by atoms with Crippen molar-refractivity contribution in [2.75, 3.05) is 23.7 Å². The Kier molecular flexibility index (Phi) is 7.07. The van der Waals surface area contributed by atoms with Crippen molar-refractivity contribution in [3.8, 4) is 5.75 Å². The van der Waals surface area contributed by atoms with Crippen LogP contribution in [0.15, 0.2) is 77.7 Å². The van der Waals surface area contributed by atoms with Gasteiger partial charge in [-0.15, -0.1) is 0 Å². The molecule has 0 aliphatic carbocycles. The first-order valence-corrected chi connectivity index (χ1v) is 12.6. The quantitative estimate of drug-likeness (QED) is 0.497. The van der Waals surface area contributed by atoms with E-state index in [0.29, 0.717) is 35.8 Å². The van der Waals surface area contributed by atoms with Crippen molar-refractivity contribution < 1.29 is 22.7 Å². The molecule has 4 rings (SSSR count). The number of carbonyl (C=O) groups is 2. The molecule has 1 heterocycles. The highest BCUT2D eigenvalue weighted by molar-refractivity contribution is 7.92. The Morgan fingerprint density at radius 1 is 1.06 bits per heavy atom. The Labute approximate surface area is 205 Å². The molecule has 0 spiro atoms. The summed E-state index contributed by atoms with van der Waals surface area (Å²) in [7, 11) is -2.49. The summed E-state index contributed by atoms with van der Waals surface area (Å²) in [4.78, 5) is 27.1. The van der Waals surface area contributed by atoms with E-state index in [-0.39, 0.29) is 23.1 Å². The number of rotatable bonds is 8. The monoisotopic (exact) mass is 493 g/mol. The normalized spacial score (nSPS) is 15.7. The van der Waals surface area contributed by atoms with Crippen LogP contribution in [0, 0.1) is 12.8 Å². The second-order valence-corrected chi connectivity index (χ2v) is 10.1. The van der Waals surface area contributed by atoms with E-state index in [0.717, 1.165) is 5.56 Å². The van der Waals surface area contributed by atoms with Gasteiger partial charge in [-0.3, -0.25) is 14.3 Å². The Hall–Kier alpha value is -3.85. The molecule has 35 heavy (non-hydrogen) atoms. The largest absolute Gasteiger partial charge is 0.495 e. The van der Waals surface area contributed by atoms with Crippen LogP contribution in [0.2, 0.25) is 0 Å². The third-order valence-electron chi connectivity index (χ3n) is 5.90. The molecule has 3 aromatic rings. The van der Waals surface area contributed by atoms with Crippen LogP contribution in [0.1, 0.15) is 17.5 Å². The second kappa shape index (κ2) is 10.2. The lowest BCUT2D eigenvalue weighted by Gasteiger charge is -2.17. The number of amides is 2. The van der Waals surface area contributed by atoms with Crippen LogP contribution in [0.25, 0.3) is 0 Å². The Bertz CT molecular complexity index is 1340. The SMILES string of the molecule is COc1ccccc1NS(=O)(=O)c1cc(NC(=O)C2CC(=O)N(Cc3ccccc3)C2)ccc1C. The van der Waals surface area contributed by atoms with E-state index in [1.807, 2.05) is 30.3 Å². The third kappa shape index (κ3) is 5.63. The van der Waals surface area contributed by atoms with E-state index >= 15 is 0 Å². The van der Waals surface area contributed by atoms with Crippen LogP contribution < -0.4 is 14.8 Å². The van der Waals surface area contributed by atoms with Crippen molar-refractivity contribution in [3.63, 3.8) is 0 Å². The van der Waals surface area contributed by atoms with Gasteiger partial charge in [0.15, 0.2) is 0 Å². The molecule has 0 aromatic heterocycles. The number of methoxy groups -OCH3 is 1. The molecule has 1 saturated heterocycles. The third-order valence-corrected chi connectivity index (χ3v) is 7.41. The van der Waals surface area contributed by atoms with Crippen molar-refractivity contribution in [3.05, 3.63) is 83.9 Å². The molecule has 9 heteroatoms. The number of nitrogens with zero attached hydrogens (tertiary/aromatic N) is 1. The number of sulfonamides is 1. The van der Waals surface area contributed by atoms with Gasteiger partial charge in [0.05, 0.1) is 23.6 Å². The summed E-state index contributed by atoms with van der Waals surface area (Å²) in [5.74, 6) is -0.524. The number of anilines is 2. The number of benzene rings is 3. The van der Waals surface area contributed by atoms with Crippen molar-refractivity contribution in [2.45, 2.75) is 24.8 Å². The molecular formula is C26H27N3O5S. The highest BCUT2D eigenvalue weighted by Gasteiger charge is 2.34. The number of likely N-dealkylation sites (tertiary alicyclic amines) is 1. The lowest BCUT2D eigenvalue weighted by Crippen LogP contribution is -2.28. The molecule has 0 saturated carbocycles. The van der Waals surface area contributed by atoms with Crippen LogP contribution in [0.4, 0.5) is 11.4 Å². The summed E-state index contributed by atoms with van der Waals surface area (Å²) < 4.78 is 34.0. The predicted octanol–water partition coefficient (Wildman–Crippen LogP) is 3.79. The van der Waals surface area contributed by atoms with E-state index in [1.165, 1.54) is 13.2 Å². The van der Waals surface area contributed by atoms with Gasteiger partial charge in [-0.25, -0.2) is 8.42 Å². The number of ether oxygens (including phenoxy) is 1. The molecule has 182 valence electrons. The topological polar surface area (TPSA) is 105 Å². The van der Waals surface area contributed by atoms with Crippen LogP contribution in [0.3, 0.4) is 0 Å². The van der Waals surface area contributed by atoms with Gasteiger partial charge >= 0.3 is 0 Å². The standard InChI is InChI=1S/C26H27N3O5S/c1-18-12-13-21(15-24(18)35(32,33)28-22-10-6-7-11-23(22)34-2)27-26(31)20-14-25(30)29(17-20)16-19-8-4-3-5-9-19/h3-13,15,20,28H,14,16-17H2,1-2H3,(H,27,31). The van der Waals surface area contributed by atoms with Gasteiger partial charge < -0.3 is 15.0 Å². The summed E-state index contributed by atoms with van der Waals surface area (Å²) in [5, 5.41) is 2.78. The zero-order valence-corrected chi connectivity index (χ0v) is 20.3. The zero-order chi connectivity index (χ0) is 25.0. The maximum atomic E-state index is 13.1. The Morgan fingerprint density at radius 3 is 2.51 bits per heavy atom. The summed E-state index contributed by atoms with van der Waals surface area (Å²) >= 11 is 0. The smallest absolute Gasteiger partial charge is 0.262 e. The first kappa shape index (κ1) is 24.3. The fourth-order valence-corrected chi connectivity index (χ4v) is 5.39. The minimum absolute atomic E-state index is 0.0365. The number of carbonyl (C=O) groups excluding carboxylic acids is 2. The highest BCUT2D eigenvalue weighted by atomic mass is 32.2. The number of nitrogens with one attached hydrogen (secondary N) is 2. The molecule has 8 nitrogen and oxygen atoms in total. The molecule has 2 amide bonds. The summed E-state index contributed by atoms with van der Waals surface area (Å²) in [5.41, 5.74) is 2.18. The first-order chi connectivity index (χ1) is 16.8. The second-order valence-electron chi connectivity index (χ2n) is 8.44. The fraction of sp³-hybridized carbons (Fsp3) is 0.231. The van der Waals surface area contributed by atoms with Gasteiger partial charge in [0.2, 0.25) is 11.8 Å². The molecule has 1 aliphatic rings. The van der Waals surface area contributed by atoms with Crippen LogP contribution in [-0.2, 0) is 26.2 Å². The van der Waals surface area contributed by atoms with Gasteiger partial charge in [0.25, 0.3) is 10.0 Å². The van der Waals surface area contributed by atoms with E-state index in [2.05, 4.69) is 10.0 Å². The van der Waals surface area contributed by atoms with E-state index in [9.17, 15) is 18.0 Å². The first-order valence-electron chi connectivity index (χ1n) is 11.2. The average molecular weight is 494 g/mol. The summed E-state index contributed by atoms with van der Waals surface area (Å²) in [6.07, 6.45) is 0.116. The van der Waals surface area contributed by atoms with Crippen molar-refractivity contribution in [1.29, 1.82) is 0 Å².